The molecule has 2 N–H and O–H groups in total. The number of hydrogen-bond acceptors (Lipinski definition) is 3. The van der Waals surface area contributed by atoms with E-state index in [4.69, 9.17) is 5.73 Å². The Labute approximate surface area is 108 Å². The van der Waals surface area contributed by atoms with Crippen LogP contribution in [0.3, 0.4) is 0 Å². The zero-order chi connectivity index (χ0) is 13.0. The van der Waals surface area contributed by atoms with Gasteiger partial charge in [0, 0.05) is 12.2 Å². The van der Waals surface area contributed by atoms with E-state index in [0.29, 0.717) is 6.54 Å². The summed E-state index contributed by atoms with van der Waals surface area (Å²) in [6.07, 6.45) is 1.96. The number of rotatable bonds is 5. The fourth-order valence-corrected chi connectivity index (χ4v) is 1.99. The van der Waals surface area contributed by atoms with Crippen molar-refractivity contribution in [3.63, 3.8) is 0 Å². The highest BCUT2D eigenvalue weighted by Crippen LogP contribution is 2.09. The van der Waals surface area contributed by atoms with Gasteiger partial charge < -0.3 is 5.73 Å². The lowest BCUT2D eigenvalue weighted by molar-refractivity contribution is 0.627. The van der Waals surface area contributed by atoms with E-state index >= 15 is 0 Å². The van der Waals surface area contributed by atoms with Crippen LogP contribution in [0.4, 0.5) is 0 Å². The highest BCUT2D eigenvalue weighted by molar-refractivity contribution is 5.15. The molecule has 2 heterocycles. The first kappa shape index (κ1) is 12.8. The van der Waals surface area contributed by atoms with Gasteiger partial charge in [0.15, 0.2) is 0 Å². The van der Waals surface area contributed by atoms with Crippen molar-refractivity contribution in [2.24, 2.45) is 5.73 Å². The molecule has 0 fully saturated rings. The summed E-state index contributed by atoms with van der Waals surface area (Å²) in [5, 5.41) is 4.60. The SMILES string of the molecule is CCc1cc(CC)n(Cc2cccc(CN)n2)n1. The van der Waals surface area contributed by atoms with Gasteiger partial charge in [-0.3, -0.25) is 9.67 Å². The van der Waals surface area contributed by atoms with Crippen molar-refractivity contribution in [2.75, 3.05) is 0 Å². The van der Waals surface area contributed by atoms with Gasteiger partial charge >= 0.3 is 0 Å². The van der Waals surface area contributed by atoms with Crippen molar-refractivity contribution in [3.8, 4) is 0 Å². The second-order valence-electron chi connectivity index (χ2n) is 4.32. The molecule has 0 aliphatic rings. The summed E-state index contributed by atoms with van der Waals surface area (Å²) in [5.74, 6) is 0. The minimum Gasteiger partial charge on any atom is -0.325 e. The molecule has 4 heteroatoms. The molecule has 2 rings (SSSR count). The summed E-state index contributed by atoms with van der Waals surface area (Å²) in [5.41, 5.74) is 9.94. The van der Waals surface area contributed by atoms with E-state index in [1.165, 1.54) is 5.69 Å². The Kier molecular flexibility index (Phi) is 4.10. The Bertz CT molecular complexity index is 516. The fraction of sp³-hybridized carbons (Fsp3) is 0.429. The summed E-state index contributed by atoms with van der Waals surface area (Å²) in [6, 6.07) is 8.14. The lowest BCUT2D eigenvalue weighted by Gasteiger charge is -2.06. The number of aryl methyl sites for hydroxylation is 2. The van der Waals surface area contributed by atoms with Crippen LogP contribution in [0, 0.1) is 0 Å². The molecule has 0 saturated carbocycles. The molecule has 0 amide bonds. The molecule has 2 aromatic heterocycles. The Hall–Kier alpha value is -1.68. The Morgan fingerprint density at radius 2 is 1.89 bits per heavy atom. The first-order valence-electron chi connectivity index (χ1n) is 6.47. The molecule has 0 radical (unpaired) electrons. The number of hydrogen-bond donors (Lipinski definition) is 1. The highest BCUT2D eigenvalue weighted by Gasteiger charge is 2.06. The van der Waals surface area contributed by atoms with Crippen molar-refractivity contribution in [3.05, 3.63) is 47.0 Å². The second kappa shape index (κ2) is 5.78. The maximum atomic E-state index is 5.61. The Morgan fingerprint density at radius 1 is 1.11 bits per heavy atom. The molecule has 0 spiro atoms. The van der Waals surface area contributed by atoms with Gasteiger partial charge in [0.1, 0.15) is 0 Å². The number of pyridine rings is 1. The zero-order valence-electron chi connectivity index (χ0n) is 11.1. The van der Waals surface area contributed by atoms with E-state index < -0.39 is 0 Å². The van der Waals surface area contributed by atoms with Gasteiger partial charge in [0.2, 0.25) is 0 Å². The summed E-state index contributed by atoms with van der Waals surface area (Å²) < 4.78 is 2.04. The topological polar surface area (TPSA) is 56.7 Å². The molecule has 96 valence electrons. The van der Waals surface area contributed by atoms with E-state index in [9.17, 15) is 0 Å². The summed E-state index contributed by atoms with van der Waals surface area (Å²) in [4.78, 5) is 4.51. The average molecular weight is 244 g/mol. The molecule has 18 heavy (non-hydrogen) atoms. The molecule has 0 atom stereocenters. The maximum absolute atomic E-state index is 5.61. The van der Waals surface area contributed by atoms with Crippen LogP contribution in [0.2, 0.25) is 0 Å². The van der Waals surface area contributed by atoms with E-state index in [2.05, 4.69) is 30.0 Å². The van der Waals surface area contributed by atoms with E-state index in [-0.39, 0.29) is 0 Å². The van der Waals surface area contributed by atoms with Crippen LogP contribution in [-0.4, -0.2) is 14.8 Å². The monoisotopic (exact) mass is 244 g/mol. The van der Waals surface area contributed by atoms with Gasteiger partial charge in [-0.2, -0.15) is 5.10 Å². The lowest BCUT2D eigenvalue weighted by atomic mass is 10.2. The van der Waals surface area contributed by atoms with Crippen LogP contribution in [0.15, 0.2) is 24.3 Å². The molecule has 0 bridgehead atoms. The van der Waals surface area contributed by atoms with Crippen LogP contribution in [0.5, 0.6) is 0 Å². The standard InChI is InChI=1S/C14H20N4/c1-3-11-8-14(4-2)18(17-11)10-13-7-5-6-12(9-15)16-13/h5-8H,3-4,9-10,15H2,1-2H3. The van der Waals surface area contributed by atoms with Crippen molar-refractivity contribution >= 4 is 0 Å². The van der Waals surface area contributed by atoms with Crippen molar-refractivity contribution in [2.45, 2.75) is 39.8 Å². The number of nitrogens with zero attached hydrogens (tertiary/aromatic N) is 3. The molecular formula is C14H20N4. The van der Waals surface area contributed by atoms with Crippen molar-refractivity contribution in [1.29, 1.82) is 0 Å². The van der Waals surface area contributed by atoms with Gasteiger partial charge in [0.25, 0.3) is 0 Å². The van der Waals surface area contributed by atoms with Crippen molar-refractivity contribution in [1.82, 2.24) is 14.8 Å². The third kappa shape index (κ3) is 2.76. The van der Waals surface area contributed by atoms with Crippen LogP contribution >= 0.6 is 0 Å². The minimum atomic E-state index is 0.480. The summed E-state index contributed by atoms with van der Waals surface area (Å²) in [7, 11) is 0. The average Bonchev–Trinajstić information content (AvgIpc) is 2.81. The largest absolute Gasteiger partial charge is 0.325 e. The maximum Gasteiger partial charge on any atom is 0.0834 e. The summed E-state index contributed by atoms with van der Waals surface area (Å²) >= 11 is 0. The van der Waals surface area contributed by atoms with Crippen LogP contribution in [0.25, 0.3) is 0 Å². The van der Waals surface area contributed by atoms with Gasteiger partial charge in [-0.15, -0.1) is 0 Å². The van der Waals surface area contributed by atoms with Crippen LogP contribution in [0.1, 0.15) is 36.6 Å². The molecule has 0 unspecified atom stereocenters. The van der Waals surface area contributed by atoms with Gasteiger partial charge in [0.05, 0.1) is 23.6 Å². The first-order valence-corrected chi connectivity index (χ1v) is 6.47. The minimum absolute atomic E-state index is 0.480. The molecule has 0 aliphatic heterocycles. The molecule has 0 aliphatic carbocycles. The van der Waals surface area contributed by atoms with Crippen LogP contribution in [-0.2, 0) is 25.9 Å². The van der Waals surface area contributed by atoms with Crippen LogP contribution < -0.4 is 5.73 Å². The molecule has 2 aromatic rings. The fourth-order valence-electron chi connectivity index (χ4n) is 1.99. The molecule has 4 nitrogen and oxygen atoms in total. The van der Waals surface area contributed by atoms with E-state index in [1.807, 2.05) is 22.9 Å². The number of aromatic nitrogens is 3. The quantitative estimate of drug-likeness (QED) is 0.874. The third-order valence-electron chi connectivity index (χ3n) is 3.02. The Balaban J connectivity index is 2.24. The predicted octanol–water partition coefficient (Wildman–Crippen LogP) is 1.91. The van der Waals surface area contributed by atoms with Crippen molar-refractivity contribution < 1.29 is 0 Å². The van der Waals surface area contributed by atoms with E-state index in [1.54, 1.807) is 0 Å². The molecular weight excluding hydrogens is 224 g/mol. The Morgan fingerprint density at radius 3 is 2.56 bits per heavy atom. The highest BCUT2D eigenvalue weighted by atomic mass is 15.3. The van der Waals surface area contributed by atoms with Gasteiger partial charge in [-0.05, 0) is 31.0 Å². The first-order chi connectivity index (χ1) is 8.76. The number of nitrogens with two attached hydrogens (primary N) is 1. The lowest BCUT2D eigenvalue weighted by Crippen LogP contribution is -2.09. The zero-order valence-corrected chi connectivity index (χ0v) is 11.1. The normalized spacial score (nSPS) is 10.8. The smallest absolute Gasteiger partial charge is 0.0834 e. The third-order valence-corrected chi connectivity index (χ3v) is 3.02. The van der Waals surface area contributed by atoms with E-state index in [0.717, 1.165) is 36.5 Å². The van der Waals surface area contributed by atoms with Gasteiger partial charge in [-0.25, -0.2) is 0 Å². The van der Waals surface area contributed by atoms with Gasteiger partial charge in [-0.1, -0.05) is 19.9 Å². The molecule has 0 aromatic carbocycles. The summed E-state index contributed by atoms with van der Waals surface area (Å²) in [6.45, 7) is 5.47. The molecule has 0 saturated heterocycles. The second-order valence-corrected chi connectivity index (χ2v) is 4.32. The predicted molar refractivity (Wildman–Crippen MR) is 72.2 cm³/mol.